The third-order valence-corrected chi connectivity index (χ3v) is 4.40. The number of hydrogen-bond donors (Lipinski definition) is 1. The number of aromatic carboxylic acids is 1. The van der Waals surface area contributed by atoms with Gasteiger partial charge in [-0.1, -0.05) is 35.5 Å². The van der Waals surface area contributed by atoms with E-state index in [1.807, 2.05) is 0 Å². The lowest BCUT2D eigenvalue weighted by molar-refractivity contribution is -0.137. The largest absolute Gasteiger partial charge is 0.478 e. The Morgan fingerprint density at radius 2 is 1.61 bits per heavy atom. The monoisotopic (exact) mass is 383 g/mol. The van der Waals surface area contributed by atoms with Crippen LogP contribution in [0.4, 0.5) is 13.2 Å². The van der Waals surface area contributed by atoms with E-state index < -0.39 is 17.7 Å². The van der Waals surface area contributed by atoms with Crippen LogP contribution in [0.2, 0.25) is 0 Å². The van der Waals surface area contributed by atoms with Crippen LogP contribution in [0.3, 0.4) is 0 Å². The number of carboxylic acids is 1. The zero-order valence-electron chi connectivity index (χ0n) is 14.2. The predicted molar refractivity (Wildman–Crippen MR) is 96.8 cm³/mol. The number of nitrogens with zero attached hydrogens (tertiary/aromatic N) is 1. The van der Waals surface area contributed by atoms with Crippen molar-refractivity contribution >= 4 is 16.9 Å². The SMILES string of the molecule is O=C(O)c1cccc(-c2noc3cc(-c4ccc(C(F)(F)F)cc4)ccc23)c1. The maximum atomic E-state index is 12.7. The van der Waals surface area contributed by atoms with E-state index in [0.29, 0.717) is 33.4 Å². The minimum absolute atomic E-state index is 0.134. The van der Waals surface area contributed by atoms with E-state index in [2.05, 4.69) is 5.16 Å². The predicted octanol–water partition coefficient (Wildman–Crippen LogP) is 5.88. The molecule has 0 saturated carbocycles. The number of alkyl halides is 3. The quantitative estimate of drug-likeness (QED) is 0.480. The molecule has 7 heteroatoms. The van der Waals surface area contributed by atoms with Crippen molar-refractivity contribution in [3.8, 4) is 22.4 Å². The molecular formula is C21H12F3NO3. The summed E-state index contributed by atoms with van der Waals surface area (Å²) in [7, 11) is 0. The highest BCUT2D eigenvalue weighted by molar-refractivity contribution is 5.96. The first-order chi connectivity index (χ1) is 13.3. The van der Waals surface area contributed by atoms with Crippen molar-refractivity contribution < 1.29 is 27.6 Å². The topological polar surface area (TPSA) is 63.3 Å². The number of carbonyl (C=O) groups is 1. The molecule has 1 N–H and O–H groups in total. The van der Waals surface area contributed by atoms with E-state index in [9.17, 15) is 18.0 Å². The zero-order chi connectivity index (χ0) is 19.9. The number of benzene rings is 3. The molecule has 0 fully saturated rings. The minimum Gasteiger partial charge on any atom is -0.478 e. The molecule has 140 valence electrons. The highest BCUT2D eigenvalue weighted by atomic mass is 19.4. The number of fused-ring (bicyclic) bond motifs is 1. The number of hydrogen-bond acceptors (Lipinski definition) is 3. The van der Waals surface area contributed by atoms with Gasteiger partial charge in [-0.15, -0.1) is 0 Å². The summed E-state index contributed by atoms with van der Waals surface area (Å²) >= 11 is 0. The molecule has 0 spiro atoms. The molecule has 0 aliphatic heterocycles. The fraction of sp³-hybridized carbons (Fsp3) is 0.0476. The van der Waals surface area contributed by atoms with Crippen LogP contribution in [0.25, 0.3) is 33.4 Å². The van der Waals surface area contributed by atoms with Gasteiger partial charge >= 0.3 is 12.1 Å². The third kappa shape index (κ3) is 3.22. The Morgan fingerprint density at radius 1 is 0.893 bits per heavy atom. The number of halogens is 3. The van der Waals surface area contributed by atoms with Crippen LogP contribution >= 0.6 is 0 Å². The van der Waals surface area contributed by atoms with E-state index in [0.717, 1.165) is 12.1 Å². The summed E-state index contributed by atoms with van der Waals surface area (Å²) in [6, 6.07) is 16.4. The standard InChI is InChI=1S/C21H12F3NO3/c22-21(23,24)16-7-4-12(5-8-16)13-6-9-17-18(11-13)28-25-19(17)14-2-1-3-15(10-14)20(26)27/h1-11H,(H,26,27). The molecule has 0 aliphatic rings. The summed E-state index contributed by atoms with van der Waals surface area (Å²) in [4.78, 5) is 11.2. The number of carboxylic acid groups (broad SMARTS) is 1. The average molecular weight is 383 g/mol. The molecule has 28 heavy (non-hydrogen) atoms. The Kier molecular flexibility index (Phi) is 4.15. The second-order valence-electron chi connectivity index (χ2n) is 6.20. The van der Waals surface area contributed by atoms with Crippen molar-refractivity contribution in [2.75, 3.05) is 0 Å². The first kappa shape index (κ1) is 17.8. The van der Waals surface area contributed by atoms with Crippen LogP contribution in [0.1, 0.15) is 15.9 Å². The smallest absolute Gasteiger partial charge is 0.416 e. The first-order valence-corrected chi connectivity index (χ1v) is 8.24. The van der Waals surface area contributed by atoms with Crippen molar-refractivity contribution in [3.05, 3.63) is 77.9 Å². The minimum atomic E-state index is -4.38. The van der Waals surface area contributed by atoms with Gasteiger partial charge in [-0.05, 0) is 47.5 Å². The lowest BCUT2D eigenvalue weighted by Gasteiger charge is -2.07. The highest BCUT2D eigenvalue weighted by Crippen LogP contribution is 2.34. The van der Waals surface area contributed by atoms with Crippen molar-refractivity contribution in [2.24, 2.45) is 0 Å². The lowest BCUT2D eigenvalue weighted by atomic mass is 10.0. The molecule has 4 rings (SSSR count). The van der Waals surface area contributed by atoms with Crippen molar-refractivity contribution in [2.45, 2.75) is 6.18 Å². The number of aromatic nitrogens is 1. The van der Waals surface area contributed by atoms with Crippen LogP contribution in [0, 0.1) is 0 Å². The molecule has 1 heterocycles. The highest BCUT2D eigenvalue weighted by Gasteiger charge is 2.30. The zero-order valence-corrected chi connectivity index (χ0v) is 14.2. The van der Waals surface area contributed by atoms with Gasteiger partial charge < -0.3 is 9.63 Å². The summed E-state index contributed by atoms with van der Waals surface area (Å²) in [5.74, 6) is -1.04. The second kappa shape index (κ2) is 6.53. The molecule has 0 saturated heterocycles. The molecule has 4 aromatic rings. The molecule has 0 amide bonds. The summed E-state index contributed by atoms with van der Waals surface area (Å²) in [6.07, 6.45) is -4.38. The van der Waals surface area contributed by atoms with E-state index in [4.69, 9.17) is 9.63 Å². The van der Waals surface area contributed by atoms with Gasteiger partial charge in [0.25, 0.3) is 0 Å². The average Bonchev–Trinajstić information content (AvgIpc) is 3.11. The molecule has 0 unspecified atom stereocenters. The second-order valence-corrected chi connectivity index (χ2v) is 6.20. The van der Waals surface area contributed by atoms with E-state index in [1.165, 1.54) is 24.3 Å². The van der Waals surface area contributed by atoms with E-state index >= 15 is 0 Å². The maximum absolute atomic E-state index is 12.7. The molecule has 0 aliphatic carbocycles. The Labute approximate surface area is 156 Å². The lowest BCUT2D eigenvalue weighted by Crippen LogP contribution is -2.03. The summed E-state index contributed by atoms with van der Waals surface area (Å²) in [5, 5.41) is 13.8. The van der Waals surface area contributed by atoms with Crippen molar-refractivity contribution in [1.29, 1.82) is 0 Å². The Hall–Kier alpha value is -3.61. The summed E-state index contributed by atoms with van der Waals surface area (Å²) in [6.45, 7) is 0. The van der Waals surface area contributed by atoms with Crippen LogP contribution in [0.5, 0.6) is 0 Å². The fourth-order valence-electron chi connectivity index (χ4n) is 2.98. The third-order valence-electron chi connectivity index (χ3n) is 4.40. The van der Waals surface area contributed by atoms with Gasteiger partial charge in [-0.3, -0.25) is 0 Å². The van der Waals surface area contributed by atoms with Crippen molar-refractivity contribution in [3.63, 3.8) is 0 Å². The van der Waals surface area contributed by atoms with Gasteiger partial charge in [-0.2, -0.15) is 13.2 Å². The summed E-state index contributed by atoms with van der Waals surface area (Å²) in [5.41, 5.74) is 2.27. The van der Waals surface area contributed by atoms with E-state index in [-0.39, 0.29) is 5.56 Å². The van der Waals surface area contributed by atoms with Gasteiger partial charge in [0, 0.05) is 10.9 Å². The fourth-order valence-corrected chi connectivity index (χ4v) is 2.98. The Balaban J connectivity index is 1.72. The van der Waals surface area contributed by atoms with Crippen molar-refractivity contribution in [1.82, 2.24) is 5.16 Å². The molecule has 1 aromatic heterocycles. The molecular weight excluding hydrogens is 371 g/mol. The normalized spacial score (nSPS) is 11.7. The number of rotatable bonds is 3. The molecule has 0 bridgehead atoms. The van der Waals surface area contributed by atoms with Crippen LogP contribution in [-0.2, 0) is 6.18 Å². The van der Waals surface area contributed by atoms with Gasteiger partial charge in [0.05, 0.1) is 11.1 Å². The molecule has 0 atom stereocenters. The van der Waals surface area contributed by atoms with Gasteiger partial charge in [0.15, 0.2) is 5.58 Å². The first-order valence-electron chi connectivity index (χ1n) is 8.24. The van der Waals surface area contributed by atoms with Crippen LogP contribution < -0.4 is 0 Å². The molecule has 3 aromatic carbocycles. The maximum Gasteiger partial charge on any atom is 0.416 e. The van der Waals surface area contributed by atoms with Crippen LogP contribution in [0.15, 0.2) is 71.3 Å². The van der Waals surface area contributed by atoms with Gasteiger partial charge in [-0.25, -0.2) is 4.79 Å². The Bertz CT molecular complexity index is 1180. The van der Waals surface area contributed by atoms with Crippen LogP contribution in [-0.4, -0.2) is 16.2 Å². The van der Waals surface area contributed by atoms with Gasteiger partial charge in [0.2, 0.25) is 0 Å². The van der Waals surface area contributed by atoms with Gasteiger partial charge in [0.1, 0.15) is 5.69 Å². The Morgan fingerprint density at radius 3 is 2.29 bits per heavy atom. The molecule has 4 nitrogen and oxygen atoms in total. The molecule has 0 radical (unpaired) electrons. The summed E-state index contributed by atoms with van der Waals surface area (Å²) < 4.78 is 43.5. The van der Waals surface area contributed by atoms with E-state index in [1.54, 1.807) is 30.3 Å².